The highest BCUT2D eigenvalue weighted by Gasteiger charge is 2.33. The number of carboxylic acid groups (broad SMARTS) is 1. The Morgan fingerprint density at radius 1 is 1.19 bits per heavy atom. The SMILES string of the molecule is CC1CCC(C(N)=O)CN1C(=O)c1ccccc1C(=O)O. The van der Waals surface area contributed by atoms with Crippen LogP contribution < -0.4 is 5.73 Å². The van der Waals surface area contributed by atoms with Crippen molar-refractivity contribution in [3.63, 3.8) is 0 Å². The second kappa shape index (κ2) is 5.95. The minimum atomic E-state index is -1.14. The molecule has 1 aromatic rings. The van der Waals surface area contributed by atoms with Gasteiger partial charge in [0.2, 0.25) is 5.91 Å². The summed E-state index contributed by atoms with van der Waals surface area (Å²) in [7, 11) is 0. The Morgan fingerprint density at radius 3 is 2.38 bits per heavy atom. The Kier molecular flexibility index (Phi) is 4.26. The highest BCUT2D eigenvalue weighted by molar-refractivity contribution is 6.05. The molecule has 2 rings (SSSR count). The van der Waals surface area contributed by atoms with Gasteiger partial charge in [-0.2, -0.15) is 0 Å². The minimum absolute atomic E-state index is 0.0316. The number of likely N-dealkylation sites (tertiary alicyclic amines) is 1. The third-order valence-corrected chi connectivity index (χ3v) is 3.93. The lowest BCUT2D eigenvalue weighted by Crippen LogP contribution is -2.48. The molecule has 1 heterocycles. The Morgan fingerprint density at radius 2 is 1.81 bits per heavy atom. The van der Waals surface area contributed by atoms with Crippen LogP contribution in [0.15, 0.2) is 24.3 Å². The van der Waals surface area contributed by atoms with E-state index in [1.807, 2.05) is 6.92 Å². The molecule has 0 spiro atoms. The molecule has 1 aliphatic heterocycles. The van der Waals surface area contributed by atoms with Gasteiger partial charge in [-0.1, -0.05) is 12.1 Å². The molecule has 21 heavy (non-hydrogen) atoms. The van der Waals surface area contributed by atoms with Crippen LogP contribution in [0.1, 0.15) is 40.5 Å². The van der Waals surface area contributed by atoms with E-state index in [1.165, 1.54) is 12.1 Å². The first-order chi connectivity index (χ1) is 9.91. The Hall–Kier alpha value is -2.37. The number of nitrogens with two attached hydrogens (primary N) is 1. The third-order valence-electron chi connectivity index (χ3n) is 3.93. The van der Waals surface area contributed by atoms with Crippen LogP contribution in [0.3, 0.4) is 0 Å². The van der Waals surface area contributed by atoms with Crippen LogP contribution in [0.4, 0.5) is 0 Å². The van der Waals surface area contributed by atoms with Crippen LogP contribution in [-0.4, -0.2) is 40.4 Å². The summed E-state index contributed by atoms with van der Waals surface area (Å²) in [4.78, 5) is 36.7. The Labute approximate surface area is 122 Å². The van der Waals surface area contributed by atoms with Gasteiger partial charge in [0, 0.05) is 12.6 Å². The molecule has 1 fully saturated rings. The number of hydrogen-bond acceptors (Lipinski definition) is 3. The molecule has 0 aromatic heterocycles. The summed E-state index contributed by atoms with van der Waals surface area (Å²) in [6, 6.07) is 6.04. The number of primary amides is 1. The number of hydrogen-bond donors (Lipinski definition) is 2. The highest BCUT2D eigenvalue weighted by Crippen LogP contribution is 2.24. The lowest BCUT2D eigenvalue weighted by molar-refractivity contribution is -0.123. The van der Waals surface area contributed by atoms with E-state index in [2.05, 4.69) is 0 Å². The lowest BCUT2D eigenvalue weighted by atomic mass is 9.92. The second-order valence-corrected chi connectivity index (χ2v) is 5.33. The first-order valence-corrected chi connectivity index (χ1v) is 6.84. The van der Waals surface area contributed by atoms with E-state index < -0.39 is 11.9 Å². The van der Waals surface area contributed by atoms with Crippen molar-refractivity contribution in [2.45, 2.75) is 25.8 Å². The third kappa shape index (κ3) is 3.04. The maximum absolute atomic E-state index is 12.6. The van der Waals surface area contributed by atoms with Crippen molar-refractivity contribution in [2.75, 3.05) is 6.54 Å². The molecule has 0 bridgehead atoms. The quantitative estimate of drug-likeness (QED) is 0.870. The van der Waals surface area contributed by atoms with E-state index in [0.717, 1.165) is 0 Å². The molecule has 2 atom stereocenters. The molecule has 0 saturated carbocycles. The lowest BCUT2D eigenvalue weighted by Gasteiger charge is -2.37. The van der Waals surface area contributed by atoms with Crippen LogP contribution in [0.5, 0.6) is 0 Å². The summed E-state index contributed by atoms with van der Waals surface area (Å²) in [5.74, 6) is -2.31. The summed E-state index contributed by atoms with van der Waals surface area (Å²) in [6.07, 6.45) is 1.33. The van der Waals surface area contributed by atoms with Crippen LogP contribution in [0, 0.1) is 5.92 Å². The molecule has 1 aliphatic rings. The van der Waals surface area contributed by atoms with Gasteiger partial charge in [-0.25, -0.2) is 4.79 Å². The second-order valence-electron chi connectivity index (χ2n) is 5.33. The number of piperidine rings is 1. The smallest absolute Gasteiger partial charge is 0.336 e. The first-order valence-electron chi connectivity index (χ1n) is 6.84. The van der Waals surface area contributed by atoms with Gasteiger partial charge < -0.3 is 15.7 Å². The monoisotopic (exact) mass is 290 g/mol. The standard InChI is InChI=1S/C15H18N2O4/c1-9-6-7-10(13(16)18)8-17(9)14(19)11-4-2-3-5-12(11)15(20)21/h2-5,9-10H,6-8H2,1H3,(H2,16,18)(H,20,21). The van der Waals surface area contributed by atoms with Gasteiger partial charge in [-0.05, 0) is 31.9 Å². The summed E-state index contributed by atoms with van der Waals surface area (Å²) in [5, 5.41) is 9.17. The highest BCUT2D eigenvalue weighted by atomic mass is 16.4. The Bertz CT molecular complexity index is 585. The summed E-state index contributed by atoms with van der Waals surface area (Å²) < 4.78 is 0. The van der Waals surface area contributed by atoms with Crippen molar-refractivity contribution in [1.29, 1.82) is 0 Å². The molecule has 1 saturated heterocycles. The van der Waals surface area contributed by atoms with Gasteiger partial charge in [0.15, 0.2) is 0 Å². The maximum atomic E-state index is 12.6. The zero-order valence-electron chi connectivity index (χ0n) is 11.8. The molecular formula is C15H18N2O4. The zero-order chi connectivity index (χ0) is 15.6. The molecule has 2 unspecified atom stereocenters. The summed E-state index contributed by atoms with van der Waals surface area (Å²) >= 11 is 0. The molecule has 1 aromatic carbocycles. The van der Waals surface area contributed by atoms with Gasteiger partial charge in [-0.15, -0.1) is 0 Å². The fourth-order valence-electron chi connectivity index (χ4n) is 2.63. The number of benzene rings is 1. The van der Waals surface area contributed by atoms with E-state index in [-0.39, 0.29) is 35.5 Å². The van der Waals surface area contributed by atoms with Gasteiger partial charge in [-0.3, -0.25) is 9.59 Å². The average molecular weight is 290 g/mol. The minimum Gasteiger partial charge on any atom is -0.478 e. The van der Waals surface area contributed by atoms with Crippen LogP contribution >= 0.6 is 0 Å². The van der Waals surface area contributed by atoms with Crippen molar-refractivity contribution in [3.05, 3.63) is 35.4 Å². The maximum Gasteiger partial charge on any atom is 0.336 e. The summed E-state index contributed by atoms with van der Waals surface area (Å²) in [6.45, 7) is 2.13. The predicted octanol–water partition coefficient (Wildman–Crippen LogP) is 1.11. The van der Waals surface area contributed by atoms with E-state index in [9.17, 15) is 19.5 Å². The van der Waals surface area contributed by atoms with Crippen molar-refractivity contribution in [3.8, 4) is 0 Å². The summed E-state index contributed by atoms with van der Waals surface area (Å²) in [5.41, 5.74) is 5.43. The van der Waals surface area contributed by atoms with Crippen molar-refractivity contribution >= 4 is 17.8 Å². The number of amides is 2. The molecular weight excluding hydrogens is 272 g/mol. The number of carbonyl (C=O) groups is 3. The predicted molar refractivity (Wildman–Crippen MR) is 75.8 cm³/mol. The van der Waals surface area contributed by atoms with E-state index in [1.54, 1.807) is 17.0 Å². The van der Waals surface area contributed by atoms with Gasteiger partial charge >= 0.3 is 5.97 Å². The van der Waals surface area contributed by atoms with E-state index >= 15 is 0 Å². The van der Waals surface area contributed by atoms with Crippen LogP contribution in [0.25, 0.3) is 0 Å². The first kappa shape index (κ1) is 15.0. The molecule has 0 aliphatic carbocycles. The number of carbonyl (C=O) groups excluding carboxylic acids is 2. The van der Waals surface area contributed by atoms with Crippen molar-refractivity contribution < 1.29 is 19.5 Å². The molecule has 2 amide bonds. The Balaban J connectivity index is 2.30. The van der Waals surface area contributed by atoms with Crippen LogP contribution in [0.2, 0.25) is 0 Å². The topological polar surface area (TPSA) is 101 Å². The number of aromatic carboxylic acids is 1. The largest absolute Gasteiger partial charge is 0.478 e. The molecule has 6 nitrogen and oxygen atoms in total. The fourth-order valence-corrected chi connectivity index (χ4v) is 2.63. The number of carboxylic acids is 1. The van der Waals surface area contributed by atoms with E-state index in [0.29, 0.717) is 12.8 Å². The molecule has 3 N–H and O–H groups in total. The van der Waals surface area contributed by atoms with Crippen LogP contribution in [-0.2, 0) is 4.79 Å². The van der Waals surface area contributed by atoms with E-state index in [4.69, 9.17) is 5.73 Å². The normalized spacial score (nSPS) is 21.9. The molecule has 0 radical (unpaired) electrons. The van der Waals surface area contributed by atoms with Gasteiger partial charge in [0.1, 0.15) is 0 Å². The van der Waals surface area contributed by atoms with Gasteiger partial charge in [0.25, 0.3) is 5.91 Å². The van der Waals surface area contributed by atoms with Gasteiger partial charge in [0.05, 0.1) is 17.0 Å². The average Bonchev–Trinajstić information content (AvgIpc) is 2.46. The number of rotatable bonds is 3. The van der Waals surface area contributed by atoms with Crippen molar-refractivity contribution in [2.24, 2.45) is 11.7 Å². The number of nitrogens with zero attached hydrogens (tertiary/aromatic N) is 1. The van der Waals surface area contributed by atoms with Crippen molar-refractivity contribution in [1.82, 2.24) is 4.90 Å². The molecule has 112 valence electrons. The zero-order valence-corrected chi connectivity index (χ0v) is 11.8. The fraction of sp³-hybridized carbons (Fsp3) is 0.400. The molecule has 6 heteroatoms.